The maximum absolute atomic E-state index is 9.00. The molecule has 0 amide bonds. The number of aliphatic hydroxyl groups is 6. The molecule has 19 heteroatoms. The Bertz CT molecular complexity index is 1100. The van der Waals surface area contributed by atoms with Crippen molar-refractivity contribution in [2.24, 2.45) is 0 Å². The van der Waals surface area contributed by atoms with Gasteiger partial charge in [0.25, 0.3) is 0 Å². The lowest BCUT2D eigenvalue weighted by Gasteiger charge is -2.37. The highest BCUT2D eigenvalue weighted by Gasteiger charge is 2.38. The third kappa shape index (κ3) is 31.0. The molecule has 0 aliphatic heterocycles. The van der Waals surface area contributed by atoms with Crippen LogP contribution in [-0.2, 0) is 28.4 Å². The Morgan fingerprint density at radius 3 is 1.00 bits per heavy atom. The van der Waals surface area contributed by atoms with Crippen molar-refractivity contribution in [1.82, 2.24) is 0 Å². The maximum Gasteiger partial charge on any atom is 0.115 e. The summed E-state index contributed by atoms with van der Waals surface area (Å²) in [4.78, 5) is 0. The summed E-state index contributed by atoms with van der Waals surface area (Å²) < 4.78 is 35.0. The Kier molecular flexibility index (Phi) is 44.0. The minimum Gasteiger partial charge on any atom is -0.394 e. The van der Waals surface area contributed by atoms with Crippen LogP contribution in [0.25, 0.3) is 0 Å². The van der Waals surface area contributed by atoms with Gasteiger partial charge < -0.3 is 59.1 Å². The molecule has 0 rings (SSSR count). The molecule has 0 bridgehead atoms. The van der Waals surface area contributed by atoms with E-state index < -0.39 is 62.0 Å². The fraction of sp³-hybridized carbons (Fsp3) is 0.735. The quantitative estimate of drug-likeness (QED) is 0.0445. The van der Waals surface area contributed by atoms with Crippen LogP contribution in [0, 0.1) is 79.3 Å². The van der Waals surface area contributed by atoms with Crippen molar-refractivity contribution >= 4 is 0 Å². The number of aliphatic hydroxyl groups excluding tert-OH is 6. The van der Waals surface area contributed by atoms with Gasteiger partial charge in [-0.1, -0.05) is 14.0 Å². The molecule has 0 fully saturated rings. The van der Waals surface area contributed by atoms with Gasteiger partial charge in [0.05, 0.1) is 147 Å². The number of nitrogens with zero attached hydrogens (tertiary/aromatic N) is 7. The summed E-state index contributed by atoms with van der Waals surface area (Å²) in [5.74, 6) is 0. The van der Waals surface area contributed by atoms with E-state index in [0.29, 0.717) is 0 Å². The number of rotatable bonds is 28. The molecule has 0 saturated carbocycles. The first-order valence-electron chi connectivity index (χ1n) is 15.9. The van der Waals surface area contributed by atoms with Gasteiger partial charge in [0.15, 0.2) is 0 Å². The zero-order chi connectivity index (χ0) is 39.8. The Balaban J connectivity index is -0.000000585. The lowest BCUT2D eigenvalue weighted by molar-refractivity contribution is -0.195. The van der Waals surface area contributed by atoms with Gasteiger partial charge in [-0.15, -0.1) is 0 Å². The van der Waals surface area contributed by atoms with Gasteiger partial charge in [-0.2, -0.15) is 36.8 Å². The summed E-state index contributed by atoms with van der Waals surface area (Å²) in [6.45, 7) is 2.20. The second kappa shape index (κ2) is 42.1. The molecule has 0 aromatic rings. The summed E-state index contributed by atoms with van der Waals surface area (Å²) in [6, 6.07) is 13.7. The van der Waals surface area contributed by atoms with Crippen molar-refractivity contribution in [2.75, 3.05) is 66.1 Å². The SMILES string of the molecule is C.C=CC#N.N#CCCOC[C@H](OCCC#N)[C@@H](OCCC#N)[C@H](OCCC#N)[C@@H](COCCC#N)OCCC#N.OC[C@@H](O)[C@@H](O)[C@H](O)[C@@H](O)CO. The fourth-order valence-corrected chi connectivity index (χ4v) is 3.60. The zero-order valence-corrected chi connectivity index (χ0v) is 29.0. The van der Waals surface area contributed by atoms with Gasteiger partial charge in [0.2, 0.25) is 0 Å². The summed E-state index contributed by atoms with van der Waals surface area (Å²) >= 11 is 0. The number of nitriles is 7. The molecule has 0 aliphatic rings. The van der Waals surface area contributed by atoms with E-state index in [2.05, 4.69) is 6.58 Å². The second-order valence-electron chi connectivity index (χ2n) is 9.90. The van der Waals surface area contributed by atoms with Crippen LogP contribution in [0.5, 0.6) is 0 Å². The van der Waals surface area contributed by atoms with Crippen molar-refractivity contribution in [1.29, 1.82) is 36.8 Å². The summed E-state index contributed by atoms with van der Waals surface area (Å²) in [5.41, 5.74) is 0. The zero-order valence-electron chi connectivity index (χ0n) is 29.0. The van der Waals surface area contributed by atoms with Crippen LogP contribution in [0.1, 0.15) is 46.0 Å². The third-order valence-corrected chi connectivity index (χ3v) is 6.08. The molecule has 0 radical (unpaired) electrons. The molecule has 8 atom stereocenters. The highest BCUT2D eigenvalue weighted by Crippen LogP contribution is 2.21. The first kappa shape index (κ1) is 55.4. The normalized spacial score (nSPS) is 14.3. The summed E-state index contributed by atoms with van der Waals surface area (Å²) in [7, 11) is 0. The Morgan fingerprint density at radius 2 is 0.755 bits per heavy atom. The Labute approximate surface area is 311 Å². The van der Waals surface area contributed by atoms with Gasteiger partial charge in [0, 0.05) is 6.08 Å². The molecule has 6 N–H and O–H groups in total. The van der Waals surface area contributed by atoms with Crippen molar-refractivity contribution in [3.05, 3.63) is 12.7 Å². The Morgan fingerprint density at radius 1 is 0.491 bits per heavy atom. The van der Waals surface area contributed by atoms with E-state index >= 15 is 0 Å². The second-order valence-corrected chi connectivity index (χ2v) is 9.90. The van der Waals surface area contributed by atoms with E-state index in [1.165, 1.54) is 6.08 Å². The Hall–Kier alpha value is -4.31. The lowest BCUT2D eigenvalue weighted by atomic mass is 10.0. The molecule has 0 aromatic carbocycles. The van der Waals surface area contributed by atoms with Crippen LogP contribution < -0.4 is 0 Å². The molecule has 0 unspecified atom stereocenters. The molecule has 0 aliphatic carbocycles. The molecule has 0 saturated heterocycles. The highest BCUT2D eigenvalue weighted by molar-refractivity contribution is 4.93. The van der Waals surface area contributed by atoms with Crippen LogP contribution in [0.15, 0.2) is 12.7 Å². The van der Waals surface area contributed by atoms with E-state index in [9.17, 15) is 0 Å². The average Bonchev–Trinajstić information content (AvgIpc) is 3.16. The van der Waals surface area contributed by atoms with Gasteiger partial charge >= 0.3 is 0 Å². The van der Waals surface area contributed by atoms with Crippen LogP contribution in [0.2, 0.25) is 0 Å². The lowest BCUT2D eigenvalue weighted by Crippen LogP contribution is -2.52. The standard InChI is InChI=1S/C24H32N6O6.C6H14O6.C3H3N.CH4/c25-7-1-13-31-19-21(33-15-3-9-27)23(35-17-5-11-29)24(36-18-6-12-30)22(34-16-4-10-28)20-32-14-2-8-26;7-1-3(9)5(11)6(12)4(10)2-8;1-2-3-4;/h21-24H,1-6,13-20H2;3-12H,1-2H2;2H,1H2;1H4/t21-,22+,23-,24-;3-,4+,5-,6-;;/m11../s1. The molecule has 0 aromatic heterocycles. The third-order valence-electron chi connectivity index (χ3n) is 6.08. The van der Waals surface area contributed by atoms with Crippen molar-refractivity contribution < 1.29 is 59.1 Å². The number of hydrogen-bond donors (Lipinski definition) is 6. The molecule has 0 spiro atoms. The molecular formula is C34H53N7O12. The minimum atomic E-state index is -1.67. The molecule has 53 heavy (non-hydrogen) atoms. The van der Waals surface area contributed by atoms with E-state index in [0.717, 1.165) is 0 Å². The number of ether oxygens (including phenoxy) is 6. The predicted octanol–water partition coefficient (Wildman–Crippen LogP) is -0.211. The van der Waals surface area contributed by atoms with E-state index in [1.54, 1.807) is 6.07 Å². The minimum absolute atomic E-state index is 0. The number of allylic oxidation sites excluding steroid dienone is 1. The maximum atomic E-state index is 9.00. The topological polar surface area (TPSA) is 343 Å². The molecular weight excluding hydrogens is 698 g/mol. The van der Waals surface area contributed by atoms with Crippen molar-refractivity contribution in [3.63, 3.8) is 0 Å². The van der Waals surface area contributed by atoms with E-state index in [-0.39, 0.29) is 98.8 Å². The van der Waals surface area contributed by atoms with E-state index in [4.69, 9.17) is 95.9 Å². The molecule has 0 heterocycles. The highest BCUT2D eigenvalue weighted by atomic mass is 16.6. The molecule has 19 nitrogen and oxygen atoms in total. The summed E-state index contributed by atoms with van der Waals surface area (Å²) in [6.07, 6.45) is -7.78. The fourth-order valence-electron chi connectivity index (χ4n) is 3.60. The monoisotopic (exact) mass is 751 g/mol. The first-order valence-corrected chi connectivity index (χ1v) is 15.9. The van der Waals surface area contributed by atoms with Gasteiger partial charge in [0.1, 0.15) is 48.8 Å². The number of hydrogen-bond acceptors (Lipinski definition) is 19. The molecule has 296 valence electrons. The van der Waals surface area contributed by atoms with Crippen molar-refractivity contribution in [2.45, 2.75) is 94.8 Å². The first-order chi connectivity index (χ1) is 25.1. The van der Waals surface area contributed by atoms with Gasteiger partial charge in [-0.3, -0.25) is 0 Å². The average molecular weight is 752 g/mol. The van der Waals surface area contributed by atoms with Gasteiger partial charge in [-0.05, 0) is 0 Å². The smallest absolute Gasteiger partial charge is 0.115 e. The van der Waals surface area contributed by atoms with Crippen LogP contribution >= 0.6 is 0 Å². The van der Waals surface area contributed by atoms with Crippen LogP contribution in [0.3, 0.4) is 0 Å². The van der Waals surface area contributed by atoms with Crippen LogP contribution in [-0.4, -0.2) is 146 Å². The predicted molar refractivity (Wildman–Crippen MR) is 183 cm³/mol. The van der Waals surface area contributed by atoms with Gasteiger partial charge in [-0.25, -0.2) is 0 Å². The summed E-state index contributed by atoms with van der Waals surface area (Å²) in [5, 5.41) is 113. The van der Waals surface area contributed by atoms with Crippen LogP contribution in [0.4, 0.5) is 0 Å². The largest absolute Gasteiger partial charge is 0.394 e. The van der Waals surface area contributed by atoms with Crippen molar-refractivity contribution in [3.8, 4) is 42.5 Å². The van der Waals surface area contributed by atoms with E-state index in [1.807, 2.05) is 36.4 Å².